The highest BCUT2D eigenvalue weighted by Crippen LogP contribution is 2.30. The van der Waals surface area contributed by atoms with Crippen LogP contribution in [0.3, 0.4) is 0 Å². The van der Waals surface area contributed by atoms with E-state index in [2.05, 4.69) is 10.6 Å². The molecule has 0 bridgehead atoms. The Hall–Kier alpha value is -3.41. The Morgan fingerprint density at radius 1 is 1.15 bits per heavy atom. The summed E-state index contributed by atoms with van der Waals surface area (Å²) in [7, 11) is 0. The molecular formula is C21H19N3O3. The first-order valence-electron chi connectivity index (χ1n) is 8.80. The molecule has 0 radical (unpaired) electrons. The maximum Gasteiger partial charge on any atom is 0.240 e. The Bertz CT molecular complexity index is 1120. The number of aromatic nitrogens is 1. The number of hydrogen-bond acceptors (Lipinski definition) is 3. The predicted molar refractivity (Wildman–Crippen MR) is 104 cm³/mol. The van der Waals surface area contributed by atoms with Crippen molar-refractivity contribution in [2.45, 2.75) is 25.9 Å². The molecule has 1 atom stereocenters. The number of aryl methyl sites for hydroxylation is 1. The molecule has 6 nitrogen and oxygen atoms in total. The summed E-state index contributed by atoms with van der Waals surface area (Å²) in [5.41, 5.74) is 3.00. The first kappa shape index (κ1) is 17.0. The van der Waals surface area contributed by atoms with Crippen molar-refractivity contribution in [1.29, 1.82) is 0 Å². The molecule has 4 rings (SSSR count). The minimum atomic E-state index is -0.367. The maximum atomic E-state index is 12.7. The number of anilines is 1. The Balaban J connectivity index is 1.62. The van der Waals surface area contributed by atoms with E-state index in [-0.39, 0.29) is 36.3 Å². The molecule has 1 aromatic heterocycles. The van der Waals surface area contributed by atoms with E-state index in [4.69, 9.17) is 0 Å². The molecule has 0 spiro atoms. The van der Waals surface area contributed by atoms with Gasteiger partial charge in [0.15, 0.2) is 5.43 Å². The monoisotopic (exact) mass is 361 g/mol. The summed E-state index contributed by atoms with van der Waals surface area (Å²) in [6, 6.07) is 15.9. The third kappa shape index (κ3) is 3.21. The van der Waals surface area contributed by atoms with Gasteiger partial charge in [0, 0.05) is 22.8 Å². The summed E-state index contributed by atoms with van der Waals surface area (Å²) in [6.07, 6.45) is 0.201. The van der Waals surface area contributed by atoms with Crippen LogP contribution in [-0.4, -0.2) is 16.4 Å². The Kier molecular flexibility index (Phi) is 4.24. The highest BCUT2D eigenvalue weighted by molar-refractivity contribution is 5.95. The van der Waals surface area contributed by atoms with E-state index in [0.29, 0.717) is 5.39 Å². The number of fused-ring (bicyclic) bond motifs is 2. The fraction of sp³-hybridized carbons (Fsp3) is 0.190. The summed E-state index contributed by atoms with van der Waals surface area (Å²) in [4.78, 5) is 36.8. The van der Waals surface area contributed by atoms with E-state index in [1.54, 1.807) is 18.2 Å². The van der Waals surface area contributed by atoms with E-state index >= 15 is 0 Å². The largest absolute Gasteiger partial charge is 0.347 e. The van der Waals surface area contributed by atoms with Crippen LogP contribution in [0.5, 0.6) is 0 Å². The lowest BCUT2D eigenvalue weighted by atomic mass is 9.97. The van der Waals surface area contributed by atoms with Gasteiger partial charge in [-0.05, 0) is 30.7 Å². The number of pyridine rings is 1. The molecule has 0 unspecified atom stereocenters. The zero-order valence-electron chi connectivity index (χ0n) is 14.9. The highest BCUT2D eigenvalue weighted by Gasteiger charge is 2.26. The number of nitrogens with one attached hydrogen (secondary N) is 2. The SMILES string of the molecule is Cc1cc(=O)c2ccccc2n1CC(=O)N[C@H]1CC(=O)Nc2ccccc21. The lowest BCUT2D eigenvalue weighted by Gasteiger charge is -2.26. The van der Waals surface area contributed by atoms with Gasteiger partial charge in [-0.15, -0.1) is 0 Å². The number of rotatable bonds is 3. The van der Waals surface area contributed by atoms with Crippen LogP contribution in [0.4, 0.5) is 5.69 Å². The molecular weight excluding hydrogens is 342 g/mol. The Labute approximate surface area is 155 Å². The van der Waals surface area contributed by atoms with Crippen molar-refractivity contribution < 1.29 is 9.59 Å². The van der Waals surface area contributed by atoms with Crippen LogP contribution in [0, 0.1) is 6.92 Å². The molecule has 136 valence electrons. The summed E-state index contributed by atoms with van der Waals surface area (Å²) >= 11 is 0. The minimum Gasteiger partial charge on any atom is -0.347 e. The minimum absolute atomic E-state index is 0.0577. The van der Waals surface area contributed by atoms with E-state index < -0.39 is 0 Å². The third-order valence-electron chi connectivity index (χ3n) is 4.86. The third-order valence-corrected chi connectivity index (χ3v) is 4.86. The van der Waals surface area contributed by atoms with Crippen molar-refractivity contribution in [1.82, 2.24) is 9.88 Å². The molecule has 6 heteroatoms. The fourth-order valence-electron chi connectivity index (χ4n) is 3.59. The molecule has 3 aromatic rings. The van der Waals surface area contributed by atoms with E-state index in [1.165, 1.54) is 0 Å². The average molecular weight is 361 g/mol. The molecule has 1 aliphatic rings. The maximum absolute atomic E-state index is 12.7. The number of nitrogens with zero attached hydrogens (tertiary/aromatic N) is 1. The Morgan fingerprint density at radius 2 is 1.89 bits per heavy atom. The van der Waals surface area contributed by atoms with Crippen LogP contribution >= 0.6 is 0 Å². The van der Waals surface area contributed by atoms with Gasteiger partial charge in [-0.25, -0.2) is 0 Å². The standard InChI is InChI=1S/C21H19N3O3/c1-13-10-19(25)15-7-3-5-9-18(15)24(13)12-21(27)23-17-11-20(26)22-16-8-4-2-6-14(16)17/h2-10,17H,11-12H2,1H3,(H,22,26)(H,23,27)/t17-/m0/s1. The first-order chi connectivity index (χ1) is 13.0. The second-order valence-electron chi connectivity index (χ2n) is 6.71. The van der Waals surface area contributed by atoms with Crippen LogP contribution in [0.2, 0.25) is 0 Å². The second-order valence-corrected chi connectivity index (χ2v) is 6.71. The van der Waals surface area contributed by atoms with Crippen molar-refractivity contribution in [3.8, 4) is 0 Å². The Morgan fingerprint density at radius 3 is 2.74 bits per heavy atom. The summed E-state index contributed by atoms with van der Waals surface area (Å²) in [6.45, 7) is 1.89. The molecule has 2 heterocycles. The van der Waals surface area contributed by atoms with Crippen molar-refractivity contribution in [3.05, 3.63) is 76.1 Å². The molecule has 0 saturated heterocycles. The zero-order valence-corrected chi connectivity index (χ0v) is 14.9. The quantitative estimate of drug-likeness (QED) is 0.752. The van der Waals surface area contributed by atoms with Gasteiger partial charge in [-0.1, -0.05) is 30.3 Å². The van der Waals surface area contributed by atoms with Crippen molar-refractivity contribution in [3.63, 3.8) is 0 Å². The molecule has 0 aliphatic carbocycles. The van der Waals surface area contributed by atoms with Gasteiger partial charge in [-0.2, -0.15) is 0 Å². The predicted octanol–water partition coefficient (Wildman–Crippen LogP) is 2.51. The molecule has 1 aliphatic heterocycles. The summed E-state index contributed by atoms with van der Waals surface area (Å²) < 4.78 is 1.82. The van der Waals surface area contributed by atoms with Gasteiger partial charge in [0.2, 0.25) is 11.8 Å². The van der Waals surface area contributed by atoms with Gasteiger partial charge >= 0.3 is 0 Å². The lowest BCUT2D eigenvalue weighted by molar-refractivity contribution is -0.123. The molecule has 27 heavy (non-hydrogen) atoms. The van der Waals surface area contributed by atoms with Crippen molar-refractivity contribution in [2.24, 2.45) is 0 Å². The number of para-hydroxylation sites is 2. The normalized spacial score (nSPS) is 15.9. The first-order valence-corrected chi connectivity index (χ1v) is 8.80. The lowest BCUT2D eigenvalue weighted by Crippen LogP contribution is -2.37. The number of carbonyl (C=O) groups is 2. The van der Waals surface area contributed by atoms with Gasteiger partial charge in [0.1, 0.15) is 6.54 Å². The number of hydrogen-bond donors (Lipinski definition) is 2. The number of benzene rings is 2. The smallest absolute Gasteiger partial charge is 0.240 e. The second kappa shape index (κ2) is 6.72. The number of carbonyl (C=O) groups excluding carboxylic acids is 2. The van der Waals surface area contributed by atoms with Crippen LogP contribution in [0.1, 0.15) is 23.7 Å². The number of amides is 2. The van der Waals surface area contributed by atoms with Crippen LogP contribution in [-0.2, 0) is 16.1 Å². The topological polar surface area (TPSA) is 80.2 Å². The van der Waals surface area contributed by atoms with E-state index in [9.17, 15) is 14.4 Å². The molecule has 2 aromatic carbocycles. The molecule has 0 fully saturated rings. The van der Waals surface area contributed by atoms with Gasteiger partial charge in [0.25, 0.3) is 0 Å². The van der Waals surface area contributed by atoms with Crippen molar-refractivity contribution in [2.75, 3.05) is 5.32 Å². The summed E-state index contributed by atoms with van der Waals surface area (Å²) in [5.74, 6) is -0.328. The van der Waals surface area contributed by atoms with Crippen LogP contribution in [0.25, 0.3) is 10.9 Å². The fourth-order valence-corrected chi connectivity index (χ4v) is 3.59. The van der Waals surface area contributed by atoms with Crippen LogP contribution < -0.4 is 16.1 Å². The molecule has 0 saturated carbocycles. The highest BCUT2D eigenvalue weighted by atomic mass is 16.2. The molecule has 2 N–H and O–H groups in total. The van der Waals surface area contributed by atoms with Gasteiger partial charge < -0.3 is 15.2 Å². The van der Waals surface area contributed by atoms with Crippen LogP contribution in [0.15, 0.2) is 59.4 Å². The van der Waals surface area contributed by atoms with Crippen molar-refractivity contribution >= 4 is 28.4 Å². The average Bonchev–Trinajstić information content (AvgIpc) is 2.65. The van der Waals surface area contributed by atoms with Gasteiger partial charge in [-0.3, -0.25) is 14.4 Å². The van der Waals surface area contributed by atoms with Gasteiger partial charge in [0.05, 0.1) is 18.0 Å². The van der Waals surface area contributed by atoms with E-state index in [0.717, 1.165) is 22.5 Å². The zero-order chi connectivity index (χ0) is 19.0. The van der Waals surface area contributed by atoms with E-state index in [1.807, 2.05) is 47.9 Å². The summed E-state index contributed by atoms with van der Waals surface area (Å²) in [5, 5.41) is 6.37. The molecule has 2 amide bonds.